The summed E-state index contributed by atoms with van der Waals surface area (Å²) in [4.78, 5) is 19.1. The average Bonchev–Trinajstić information content (AvgIpc) is 2.85. The highest BCUT2D eigenvalue weighted by atomic mass is 35.5. The molecule has 0 amide bonds. The Hall–Kier alpha value is -1.80. The van der Waals surface area contributed by atoms with E-state index in [9.17, 15) is 4.79 Å². The number of H-pyrrole nitrogens is 2. The largest absolute Gasteiger partial charge is 0.309 e. The SMILES string of the molecule is CCCCc1nc2c(C#CCCCCl)[nH]nc2c(=O)[nH]1. The Bertz CT molecular complexity index is 692. The lowest BCUT2D eigenvalue weighted by Crippen LogP contribution is -2.11. The summed E-state index contributed by atoms with van der Waals surface area (Å²) < 4.78 is 0. The van der Waals surface area contributed by atoms with Crippen LogP contribution in [0, 0.1) is 11.8 Å². The maximum atomic E-state index is 11.9. The van der Waals surface area contributed by atoms with Gasteiger partial charge >= 0.3 is 0 Å². The third-order valence-electron chi connectivity index (χ3n) is 2.88. The number of fused-ring (bicyclic) bond motifs is 1. The van der Waals surface area contributed by atoms with Gasteiger partial charge in [-0.3, -0.25) is 9.89 Å². The summed E-state index contributed by atoms with van der Waals surface area (Å²) in [6.45, 7) is 2.10. The van der Waals surface area contributed by atoms with Gasteiger partial charge in [-0.05, 0) is 18.8 Å². The van der Waals surface area contributed by atoms with Gasteiger partial charge in [-0.1, -0.05) is 19.3 Å². The molecule has 0 spiro atoms. The van der Waals surface area contributed by atoms with Crippen LogP contribution in [0.1, 0.15) is 44.1 Å². The smallest absolute Gasteiger partial charge is 0.279 e. The maximum absolute atomic E-state index is 11.9. The minimum absolute atomic E-state index is 0.217. The Labute approximate surface area is 122 Å². The van der Waals surface area contributed by atoms with Gasteiger partial charge in [0, 0.05) is 18.7 Å². The molecule has 6 heteroatoms. The lowest BCUT2D eigenvalue weighted by atomic mass is 10.2. The molecular weight excluding hydrogens is 276 g/mol. The molecule has 106 valence electrons. The zero-order chi connectivity index (χ0) is 14.4. The van der Waals surface area contributed by atoms with Gasteiger partial charge in [0.05, 0.1) is 0 Å². The summed E-state index contributed by atoms with van der Waals surface area (Å²) in [7, 11) is 0. The first-order chi connectivity index (χ1) is 9.76. The van der Waals surface area contributed by atoms with Crippen LogP contribution in [0.2, 0.25) is 0 Å². The summed E-state index contributed by atoms with van der Waals surface area (Å²) in [5.41, 5.74) is 1.25. The first kappa shape index (κ1) is 14.6. The van der Waals surface area contributed by atoms with Gasteiger partial charge < -0.3 is 4.98 Å². The first-order valence-electron chi connectivity index (χ1n) is 6.78. The molecule has 0 saturated carbocycles. The van der Waals surface area contributed by atoms with Crippen LogP contribution in [0.25, 0.3) is 11.0 Å². The second kappa shape index (κ2) is 7.11. The van der Waals surface area contributed by atoms with Gasteiger partial charge in [-0.2, -0.15) is 5.10 Å². The molecule has 0 aliphatic heterocycles. The third-order valence-corrected chi connectivity index (χ3v) is 3.14. The van der Waals surface area contributed by atoms with E-state index in [4.69, 9.17) is 11.6 Å². The number of nitrogens with zero attached hydrogens (tertiary/aromatic N) is 2. The quantitative estimate of drug-likeness (QED) is 0.505. The highest BCUT2D eigenvalue weighted by Crippen LogP contribution is 2.09. The Kier molecular flexibility index (Phi) is 5.19. The van der Waals surface area contributed by atoms with Crippen LogP contribution in [-0.4, -0.2) is 26.0 Å². The summed E-state index contributed by atoms with van der Waals surface area (Å²) in [6.07, 6.45) is 4.36. The summed E-state index contributed by atoms with van der Waals surface area (Å²) in [6, 6.07) is 0. The second-order valence-corrected chi connectivity index (χ2v) is 4.88. The van der Waals surface area contributed by atoms with Crippen molar-refractivity contribution in [3.05, 3.63) is 21.9 Å². The van der Waals surface area contributed by atoms with E-state index < -0.39 is 0 Å². The highest BCUT2D eigenvalue weighted by molar-refractivity contribution is 6.17. The molecule has 0 aromatic carbocycles. The number of aryl methyl sites for hydroxylation is 1. The minimum atomic E-state index is -0.217. The molecule has 2 rings (SSSR count). The molecule has 0 fully saturated rings. The number of hydrogen-bond donors (Lipinski definition) is 2. The Balaban J connectivity index is 2.33. The Morgan fingerprint density at radius 1 is 1.30 bits per heavy atom. The predicted octanol–water partition coefficient (Wildman–Crippen LogP) is 2.36. The van der Waals surface area contributed by atoms with Crippen molar-refractivity contribution in [1.82, 2.24) is 20.2 Å². The number of rotatable bonds is 5. The molecule has 0 bridgehead atoms. The molecule has 0 unspecified atom stereocenters. The lowest BCUT2D eigenvalue weighted by molar-refractivity contribution is 0.753. The van der Waals surface area contributed by atoms with Gasteiger partial charge in [0.2, 0.25) is 0 Å². The molecule has 2 aromatic heterocycles. The topological polar surface area (TPSA) is 74.4 Å². The number of hydrogen-bond acceptors (Lipinski definition) is 3. The summed E-state index contributed by atoms with van der Waals surface area (Å²) in [5.74, 6) is 7.26. The van der Waals surface area contributed by atoms with Crippen LogP contribution in [0.4, 0.5) is 0 Å². The molecule has 0 aliphatic rings. The van der Waals surface area contributed by atoms with Crippen molar-refractivity contribution in [2.45, 2.75) is 39.0 Å². The van der Waals surface area contributed by atoms with E-state index in [1.807, 2.05) is 0 Å². The van der Waals surface area contributed by atoms with Crippen LogP contribution in [-0.2, 0) is 6.42 Å². The predicted molar refractivity (Wildman–Crippen MR) is 80.0 cm³/mol. The molecule has 2 aromatic rings. The van der Waals surface area contributed by atoms with Crippen molar-refractivity contribution in [3.63, 3.8) is 0 Å². The monoisotopic (exact) mass is 292 g/mol. The van der Waals surface area contributed by atoms with Crippen LogP contribution < -0.4 is 5.56 Å². The van der Waals surface area contributed by atoms with Crippen molar-refractivity contribution in [2.24, 2.45) is 0 Å². The second-order valence-electron chi connectivity index (χ2n) is 4.51. The van der Waals surface area contributed by atoms with E-state index in [-0.39, 0.29) is 5.56 Å². The molecular formula is C14H17ClN4O. The van der Waals surface area contributed by atoms with Crippen molar-refractivity contribution >= 4 is 22.6 Å². The van der Waals surface area contributed by atoms with Crippen LogP contribution in [0.3, 0.4) is 0 Å². The fourth-order valence-corrected chi connectivity index (χ4v) is 1.95. The van der Waals surface area contributed by atoms with Crippen LogP contribution in [0.15, 0.2) is 4.79 Å². The van der Waals surface area contributed by atoms with Crippen LogP contribution >= 0.6 is 11.6 Å². The summed E-state index contributed by atoms with van der Waals surface area (Å²) >= 11 is 5.60. The van der Waals surface area contributed by atoms with Crippen molar-refractivity contribution in [3.8, 4) is 11.8 Å². The van der Waals surface area contributed by atoms with Gasteiger partial charge in [0.25, 0.3) is 5.56 Å². The van der Waals surface area contributed by atoms with E-state index in [0.29, 0.717) is 28.4 Å². The standard InChI is InChI=1S/C14H17ClN4O/c1-2-3-8-11-16-12-10(7-5-4-6-9-15)18-19-13(12)14(20)17-11/h2-4,6,8-9H2,1H3,(H,18,19)(H,16,17,20). The third kappa shape index (κ3) is 3.40. The molecule has 20 heavy (non-hydrogen) atoms. The molecule has 0 radical (unpaired) electrons. The fraction of sp³-hybridized carbons (Fsp3) is 0.500. The van der Waals surface area contributed by atoms with Gasteiger partial charge in [-0.15, -0.1) is 11.6 Å². The normalized spacial score (nSPS) is 10.5. The average molecular weight is 293 g/mol. The van der Waals surface area contributed by atoms with Crippen molar-refractivity contribution < 1.29 is 0 Å². The van der Waals surface area contributed by atoms with Gasteiger partial charge in [-0.25, -0.2) is 4.98 Å². The zero-order valence-electron chi connectivity index (χ0n) is 11.4. The van der Waals surface area contributed by atoms with Gasteiger partial charge in [0.15, 0.2) is 5.52 Å². The highest BCUT2D eigenvalue weighted by Gasteiger charge is 2.10. The molecule has 0 saturated heterocycles. The van der Waals surface area contributed by atoms with E-state index >= 15 is 0 Å². The van der Waals surface area contributed by atoms with Gasteiger partial charge in [0.1, 0.15) is 17.0 Å². The number of aromatic amines is 2. The lowest BCUT2D eigenvalue weighted by Gasteiger charge is -1.98. The molecule has 0 aliphatic carbocycles. The Morgan fingerprint density at radius 2 is 2.15 bits per heavy atom. The van der Waals surface area contributed by atoms with E-state index in [1.54, 1.807) is 0 Å². The van der Waals surface area contributed by atoms with Crippen molar-refractivity contribution in [2.75, 3.05) is 5.88 Å². The molecule has 2 N–H and O–H groups in total. The van der Waals surface area contributed by atoms with E-state index in [2.05, 4.69) is 38.9 Å². The molecule has 2 heterocycles. The fourth-order valence-electron chi connectivity index (χ4n) is 1.81. The number of aromatic nitrogens is 4. The molecule has 0 atom stereocenters. The number of alkyl halides is 1. The Morgan fingerprint density at radius 3 is 2.90 bits per heavy atom. The minimum Gasteiger partial charge on any atom is -0.309 e. The van der Waals surface area contributed by atoms with E-state index in [1.165, 1.54) is 0 Å². The first-order valence-corrected chi connectivity index (χ1v) is 7.31. The number of nitrogens with one attached hydrogen (secondary N) is 2. The van der Waals surface area contributed by atoms with Crippen LogP contribution in [0.5, 0.6) is 0 Å². The summed E-state index contributed by atoms with van der Waals surface area (Å²) in [5, 5.41) is 6.75. The molecule has 5 nitrogen and oxygen atoms in total. The zero-order valence-corrected chi connectivity index (χ0v) is 12.2. The number of unbranched alkanes of at least 4 members (excludes halogenated alkanes) is 2. The van der Waals surface area contributed by atoms with Crippen molar-refractivity contribution in [1.29, 1.82) is 0 Å². The maximum Gasteiger partial charge on any atom is 0.279 e. The van der Waals surface area contributed by atoms with E-state index in [0.717, 1.165) is 32.1 Å². The number of halogens is 1.